The Kier molecular flexibility index (Phi) is 4.36. The molecule has 1 aliphatic rings. The SMILES string of the molecule is Cn1c(CO)nnc1C1CCCN(Cc2nc3ccsc3c(=O)[nH]2)C1. The molecule has 1 aliphatic heterocycles. The van der Waals surface area contributed by atoms with Gasteiger partial charge in [-0.1, -0.05) is 0 Å². The van der Waals surface area contributed by atoms with Gasteiger partial charge in [0.2, 0.25) is 0 Å². The van der Waals surface area contributed by atoms with Crippen molar-refractivity contribution in [2.24, 2.45) is 7.05 Å². The molecule has 9 heteroatoms. The average molecular weight is 360 g/mol. The number of H-pyrrole nitrogens is 1. The predicted molar refractivity (Wildman–Crippen MR) is 94.4 cm³/mol. The summed E-state index contributed by atoms with van der Waals surface area (Å²) >= 11 is 1.41. The molecule has 0 aromatic carbocycles. The first-order valence-corrected chi connectivity index (χ1v) is 9.21. The quantitative estimate of drug-likeness (QED) is 0.720. The third kappa shape index (κ3) is 3.10. The second kappa shape index (κ2) is 6.66. The normalized spacial score (nSPS) is 18.9. The molecule has 0 bridgehead atoms. The Morgan fingerprint density at radius 3 is 3.12 bits per heavy atom. The van der Waals surface area contributed by atoms with Crippen LogP contribution in [0.25, 0.3) is 10.2 Å². The molecular weight excluding hydrogens is 340 g/mol. The van der Waals surface area contributed by atoms with Crippen molar-refractivity contribution in [3.8, 4) is 0 Å². The molecule has 132 valence electrons. The lowest BCUT2D eigenvalue weighted by Crippen LogP contribution is -2.35. The molecule has 1 fully saturated rings. The fraction of sp³-hybridized carbons (Fsp3) is 0.500. The molecule has 25 heavy (non-hydrogen) atoms. The third-order valence-electron chi connectivity index (χ3n) is 4.75. The number of aliphatic hydroxyl groups is 1. The largest absolute Gasteiger partial charge is 0.388 e. The Hall–Kier alpha value is -2.10. The molecule has 0 saturated carbocycles. The number of piperidine rings is 1. The first kappa shape index (κ1) is 16.4. The van der Waals surface area contributed by atoms with Gasteiger partial charge in [-0.15, -0.1) is 21.5 Å². The van der Waals surface area contributed by atoms with Gasteiger partial charge in [0.1, 0.15) is 23.0 Å². The van der Waals surface area contributed by atoms with Gasteiger partial charge in [0.15, 0.2) is 5.82 Å². The summed E-state index contributed by atoms with van der Waals surface area (Å²) in [5.41, 5.74) is 0.697. The van der Waals surface area contributed by atoms with E-state index in [4.69, 9.17) is 0 Å². The number of thiophene rings is 1. The number of aliphatic hydroxyl groups excluding tert-OH is 1. The summed E-state index contributed by atoms with van der Waals surface area (Å²) in [7, 11) is 1.89. The maximum absolute atomic E-state index is 12.1. The molecule has 0 aliphatic carbocycles. The summed E-state index contributed by atoms with van der Waals surface area (Å²) in [6.07, 6.45) is 2.10. The van der Waals surface area contributed by atoms with E-state index in [9.17, 15) is 9.90 Å². The van der Waals surface area contributed by atoms with Crippen LogP contribution in [0.15, 0.2) is 16.2 Å². The Labute approximate surface area is 148 Å². The lowest BCUT2D eigenvalue weighted by atomic mass is 9.97. The number of likely N-dealkylation sites (tertiary alicyclic amines) is 1. The van der Waals surface area contributed by atoms with Gasteiger partial charge in [-0.05, 0) is 30.8 Å². The zero-order chi connectivity index (χ0) is 17.4. The van der Waals surface area contributed by atoms with Gasteiger partial charge >= 0.3 is 0 Å². The van der Waals surface area contributed by atoms with Gasteiger partial charge in [0, 0.05) is 19.5 Å². The van der Waals surface area contributed by atoms with Crippen LogP contribution in [0.3, 0.4) is 0 Å². The van der Waals surface area contributed by atoms with Crippen LogP contribution in [0.2, 0.25) is 0 Å². The summed E-state index contributed by atoms with van der Waals surface area (Å²) < 4.78 is 2.56. The zero-order valence-corrected chi connectivity index (χ0v) is 14.8. The highest BCUT2D eigenvalue weighted by molar-refractivity contribution is 7.17. The highest BCUT2D eigenvalue weighted by atomic mass is 32.1. The van der Waals surface area contributed by atoms with Gasteiger partial charge in [-0.25, -0.2) is 4.98 Å². The summed E-state index contributed by atoms with van der Waals surface area (Å²) in [6.45, 7) is 2.31. The highest BCUT2D eigenvalue weighted by Gasteiger charge is 2.26. The number of hydrogen-bond donors (Lipinski definition) is 2. The average Bonchev–Trinajstić information content (AvgIpc) is 3.21. The molecule has 8 nitrogen and oxygen atoms in total. The van der Waals surface area contributed by atoms with E-state index < -0.39 is 0 Å². The van der Waals surface area contributed by atoms with Crippen molar-refractivity contribution in [1.29, 1.82) is 0 Å². The van der Waals surface area contributed by atoms with Crippen molar-refractivity contribution < 1.29 is 5.11 Å². The molecular formula is C16H20N6O2S. The minimum Gasteiger partial charge on any atom is -0.388 e. The summed E-state index contributed by atoms with van der Waals surface area (Å²) in [4.78, 5) is 21.9. The minimum atomic E-state index is -0.105. The van der Waals surface area contributed by atoms with Gasteiger partial charge in [0.25, 0.3) is 5.56 Å². The number of hydrogen-bond acceptors (Lipinski definition) is 7. The minimum absolute atomic E-state index is 0.0653. The Balaban J connectivity index is 1.52. The van der Waals surface area contributed by atoms with Crippen LogP contribution in [0.5, 0.6) is 0 Å². The molecule has 4 heterocycles. The monoisotopic (exact) mass is 360 g/mol. The molecule has 0 radical (unpaired) electrons. The van der Waals surface area contributed by atoms with Crippen molar-refractivity contribution in [3.63, 3.8) is 0 Å². The van der Waals surface area contributed by atoms with Crippen LogP contribution in [0, 0.1) is 0 Å². The molecule has 3 aromatic heterocycles. The zero-order valence-electron chi connectivity index (χ0n) is 14.0. The number of rotatable bonds is 4. The molecule has 0 amide bonds. The fourth-order valence-corrected chi connectivity index (χ4v) is 4.21. The highest BCUT2D eigenvalue weighted by Crippen LogP contribution is 2.26. The topological polar surface area (TPSA) is 99.9 Å². The molecule has 1 saturated heterocycles. The van der Waals surface area contributed by atoms with Crippen LogP contribution in [-0.4, -0.2) is 47.8 Å². The Morgan fingerprint density at radius 2 is 2.32 bits per heavy atom. The molecule has 1 unspecified atom stereocenters. The molecule has 3 aromatic rings. The van der Waals surface area contributed by atoms with Crippen LogP contribution in [-0.2, 0) is 20.2 Å². The van der Waals surface area contributed by atoms with Crippen molar-refractivity contribution >= 4 is 21.6 Å². The smallest absolute Gasteiger partial charge is 0.268 e. The van der Waals surface area contributed by atoms with Crippen LogP contribution < -0.4 is 5.56 Å². The van der Waals surface area contributed by atoms with E-state index in [-0.39, 0.29) is 18.1 Å². The summed E-state index contributed by atoms with van der Waals surface area (Å²) in [6, 6.07) is 1.88. The number of nitrogens with one attached hydrogen (secondary N) is 1. The number of aromatic amines is 1. The lowest BCUT2D eigenvalue weighted by Gasteiger charge is -2.31. The van der Waals surface area contributed by atoms with E-state index in [0.717, 1.165) is 37.3 Å². The summed E-state index contributed by atoms with van der Waals surface area (Å²) in [5, 5.41) is 19.5. The Morgan fingerprint density at radius 1 is 1.44 bits per heavy atom. The van der Waals surface area contributed by atoms with E-state index in [0.29, 0.717) is 22.9 Å². The van der Waals surface area contributed by atoms with Gasteiger partial charge in [-0.3, -0.25) is 9.69 Å². The second-order valence-corrected chi connectivity index (χ2v) is 7.33. The predicted octanol–water partition coefficient (Wildman–Crippen LogP) is 0.985. The van der Waals surface area contributed by atoms with Crippen molar-refractivity contribution in [2.75, 3.05) is 13.1 Å². The number of nitrogens with zero attached hydrogens (tertiary/aromatic N) is 5. The van der Waals surface area contributed by atoms with Crippen molar-refractivity contribution in [1.82, 2.24) is 29.6 Å². The second-order valence-electron chi connectivity index (χ2n) is 6.41. The third-order valence-corrected chi connectivity index (χ3v) is 5.65. The fourth-order valence-electron chi connectivity index (χ4n) is 3.49. The van der Waals surface area contributed by atoms with E-state index in [1.807, 2.05) is 23.1 Å². The lowest BCUT2D eigenvalue weighted by molar-refractivity contribution is 0.190. The van der Waals surface area contributed by atoms with E-state index in [1.54, 1.807) is 0 Å². The number of fused-ring (bicyclic) bond motifs is 1. The molecule has 0 spiro atoms. The molecule has 1 atom stereocenters. The van der Waals surface area contributed by atoms with Gasteiger partial charge < -0.3 is 14.7 Å². The maximum atomic E-state index is 12.1. The van der Waals surface area contributed by atoms with E-state index in [2.05, 4.69) is 25.1 Å². The van der Waals surface area contributed by atoms with E-state index in [1.165, 1.54) is 11.3 Å². The summed E-state index contributed by atoms with van der Waals surface area (Å²) in [5.74, 6) is 2.46. The van der Waals surface area contributed by atoms with Crippen LogP contribution in [0.1, 0.15) is 36.2 Å². The van der Waals surface area contributed by atoms with Gasteiger partial charge in [-0.2, -0.15) is 0 Å². The van der Waals surface area contributed by atoms with Crippen molar-refractivity contribution in [2.45, 2.75) is 31.9 Å². The number of aromatic nitrogens is 5. The maximum Gasteiger partial charge on any atom is 0.268 e. The van der Waals surface area contributed by atoms with Gasteiger partial charge in [0.05, 0.1) is 12.1 Å². The first-order chi connectivity index (χ1) is 12.2. The van der Waals surface area contributed by atoms with Crippen molar-refractivity contribution in [3.05, 3.63) is 39.3 Å². The van der Waals surface area contributed by atoms with Crippen LogP contribution >= 0.6 is 11.3 Å². The standard InChI is InChI=1S/C16H20N6O2S/c1-21-13(9-23)19-20-15(21)10-3-2-5-22(7-10)8-12-17-11-4-6-25-14(11)16(24)18-12/h4,6,10,23H,2-3,5,7-9H2,1H3,(H,17,18,24). The van der Waals surface area contributed by atoms with E-state index >= 15 is 0 Å². The molecule has 4 rings (SSSR count). The Bertz CT molecular complexity index is 946. The molecule has 2 N–H and O–H groups in total. The first-order valence-electron chi connectivity index (χ1n) is 8.33. The van der Waals surface area contributed by atoms with Crippen LogP contribution in [0.4, 0.5) is 0 Å².